The molecule has 0 aliphatic heterocycles. The highest BCUT2D eigenvalue weighted by atomic mass is 19.2. The van der Waals surface area contributed by atoms with Gasteiger partial charge in [-0.15, -0.1) is 0 Å². The van der Waals surface area contributed by atoms with Gasteiger partial charge in [-0.2, -0.15) is 0 Å². The highest BCUT2D eigenvalue weighted by Crippen LogP contribution is 2.31. The molecule has 5 heteroatoms. The Morgan fingerprint density at radius 2 is 1.25 bits per heavy atom. The van der Waals surface area contributed by atoms with Crippen LogP contribution < -0.4 is 0 Å². The third-order valence-electron chi connectivity index (χ3n) is 2.44. The van der Waals surface area contributed by atoms with Crippen LogP contribution in [0.15, 0.2) is 0 Å². The summed E-state index contributed by atoms with van der Waals surface area (Å²) in [4.78, 5) is 0. The zero-order chi connectivity index (χ0) is 12.6. The molecule has 0 radical (unpaired) electrons. The summed E-state index contributed by atoms with van der Waals surface area (Å²) in [7, 11) is 0. The van der Waals surface area contributed by atoms with E-state index in [4.69, 9.17) is 0 Å². The fraction of sp³-hybridized carbons (Fsp3) is 0.455. The quantitative estimate of drug-likeness (QED) is 0.617. The summed E-state index contributed by atoms with van der Waals surface area (Å²) in [5.41, 5.74) is -1.68. The number of rotatable bonds is 2. The lowest BCUT2D eigenvalue weighted by Crippen LogP contribution is -2.14. The lowest BCUT2D eigenvalue weighted by Gasteiger charge is -2.18. The van der Waals surface area contributed by atoms with Crippen LogP contribution in [-0.4, -0.2) is 5.11 Å². The van der Waals surface area contributed by atoms with Gasteiger partial charge in [-0.3, -0.25) is 0 Å². The Bertz CT molecular complexity index is 386. The molecule has 1 aromatic carbocycles. The first-order valence-electron chi connectivity index (χ1n) is 4.79. The smallest absolute Gasteiger partial charge is 0.168 e. The second kappa shape index (κ2) is 4.41. The first-order valence-corrected chi connectivity index (χ1v) is 4.79. The molecule has 0 bridgehead atoms. The molecule has 16 heavy (non-hydrogen) atoms. The molecule has 1 nitrogen and oxygen atoms in total. The Labute approximate surface area is 90.7 Å². The maximum Gasteiger partial charge on any atom is 0.168 e. The second-order valence-corrected chi connectivity index (χ2v) is 3.98. The second-order valence-electron chi connectivity index (χ2n) is 3.98. The van der Waals surface area contributed by atoms with Gasteiger partial charge in [0.05, 0.1) is 11.7 Å². The number of benzene rings is 1. The highest BCUT2D eigenvalue weighted by molar-refractivity contribution is 5.30. The molecule has 0 amide bonds. The van der Waals surface area contributed by atoms with Crippen molar-refractivity contribution in [3.05, 3.63) is 34.4 Å². The van der Waals surface area contributed by atoms with Crippen LogP contribution in [0.25, 0.3) is 0 Å². The van der Waals surface area contributed by atoms with Gasteiger partial charge >= 0.3 is 0 Å². The van der Waals surface area contributed by atoms with Crippen LogP contribution in [-0.2, 0) is 0 Å². The molecule has 1 atom stereocenters. The summed E-state index contributed by atoms with van der Waals surface area (Å²) >= 11 is 0. The first-order chi connectivity index (χ1) is 7.29. The molecule has 0 heterocycles. The van der Waals surface area contributed by atoms with Crippen molar-refractivity contribution in [2.45, 2.75) is 26.9 Å². The van der Waals surface area contributed by atoms with Crippen molar-refractivity contribution in [2.75, 3.05) is 0 Å². The van der Waals surface area contributed by atoms with Gasteiger partial charge in [-0.05, 0) is 12.8 Å². The molecule has 0 fully saturated rings. The highest BCUT2D eigenvalue weighted by Gasteiger charge is 2.28. The van der Waals surface area contributed by atoms with E-state index in [1.165, 1.54) is 13.8 Å². The van der Waals surface area contributed by atoms with Crippen LogP contribution in [0, 0.1) is 36.1 Å². The molecule has 0 aromatic heterocycles. The van der Waals surface area contributed by atoms with Gasteiger partial charge in [0.2, 0.25) is 0 Å². The standard InChI is InChI=1S/C11H12F4O/c1-4(2)11(16)6-9(14)7(12)5(3)8(13)10(6)15/h4,11,16H,1-3H3. The number of hydrogen-bond acceptors (Lipinski definition) is 1. The van der Waals surface area contributed by atoms with E-state index in [1.54, 1.807) is 0 Å². The summed E-state index contributed by atoms with van der Waals surface area (Å²) in [5, 5.41) is 9.49. The Balaban J connectivity index is 3.51. The van der Waals surface area contributed by atoms with Crippen LogP contribution in [0.3, 0.4) is 0 Å². The maximum atomic E-state index is 13.4. The molecular formula is C11H12F4O. The average Bonchev–Trinajstić information content (AvgIpc) is 2.23. The molecule has 0 aliphatic carbocycles. The minimum absolute atomic E-state index is 0.550. The van der Waals surface area contributed by atoms with Gasteiger partial charge in [-0.1, -0.05) is 13.8 Å². The molecule has 1 N–H and O–H groups in total. The molecular weight excluding hydrogens is 224 g/mol. The lowest BCUT2D eigenvalue weighted by atomic mass is 9.96. The van der Waals surface area contributed by atoms with Gasteiger partial charge in [0.15, 0.2) is 23.3 Å². The average molecular weight is 236 g/mol. The topological polar surface area (TPSA) is 20.2 Å². The van der Waals surface area contributed by atoms with Crippen LogP contribution in [0.1, 0.15) is 31.1 Å². The largest absolute Gasteiger partial charge is 0.388 e. The summed E-state index contributed by atoms with van der Waals surface area (Å²) in [6.07, 6.45) is -1.58. The van der Waals surface area contributed by atoms with Gasteiger partial charge < -0.3 is 5.11 Å². The molecule has 0 saturated carbocycles. The van der Waals surface area contributed by atoms with E-state index >= 15 is 0 Å². The summed E-state index contributed by atoms with van der Waals surface area (Å²) in [6, 6.07) is 0. The zero-order valence-electron chi connectivity index (χ0n) is 9.11. The molecule has 1 aromatic rings. The van der Waals surface area contributed by atoms with E-state index in [1.807, 2.05) is 0 Å². The Hall–Kier alpha value is -1.10. The molecule has 0 aliphatic rings. The molecule has 0 spiro atoms. The van der Waals surface area contributed by atoms with Crippen LogP contribution in [0.2, 0.25) is 0 Å². The van der Waals surface area contributed by atoms with Gasteiger partial charge in [-0.25, -0.2) is 17.6 Å². The van der Waals surface area contributed by atoms with Crippen LogP contribution >= 0.6 is 0 Å². The summed E-state index contributed by atoms with van der Waals surface area (Å²) < 4.78 is 53.1. The van der Waals surface area contributed by atoms with E-state index in [0.717, 1.165) is 6.92 Å². The Morgan fingerprint density at radius 1 is 0.875 bits per heavy atom. The Morgan fingerprint density at radius 3 is 1.56 bits per heavy atom. The molecule has 1 unspecified atom stereocenters. The number of halogens is 4. The number of hydrogen-bond donors (Lipinski definition) is 1. The minimum atomic E-state index is -1.58. The number of aliphatic hydroxyl groups is 1. The van der Waals surface area contributed by atoms with E-state index < -0.39 is 46.4 Å². The Kier molecular flexibility index (Phi) is 3.57. The van der Waals surface area contributed by atoms with E-state index in [9.17, 15) is 22.7 Å². The van der Waals surface area contributed by atoms with Crippen molar-refractivity contribution in [1.29, 1.82) is 0 Å². The van der Waals surface area contributed by atoms with Gasteiger partial charge in [0.1, 0.15) is 0 Å². The predicted molar refractivity (Wildman–Crippen MR) is 50.8 cm³/mol. The lowest BCUT2D eigenvalue weighted by molar-refractivity contribution is 0.116. The molecule has 1 rings (SSSR count). The van der Waals surface area contributed by atoms with E-state index in [-0.39, 0.29) is 0 Å². The molecule has 90 valence electrons. The predicted octanol–water partition coefficient (Wildman–Crippen LogP) is 3.24. The van der Waals surface area contributed by atoms with Gasteiger partial charge in [0, 0.05) is 5.56 Å². The van der Waals surface area contributed by atoms with Crippen molar-refractivity contribution >= 4 is 0 Å². The van der Waals surface area contributed by atoms with E-state index in [0.29, 0.717) is 0 Å². The first kappa shape index (κ1) is 13.0. The third-order valence-corrected chi connectivity index (χ3v) is 2.44. The monoisotopic (exact) mass is 236 g/mol. The number of aliphatic hydroxyl groups excluding tert-OH is 1. The van der Waals surface area contributed by atoms with Crippen LogP contribution in [0.4, 0.5) is 17.6 Å². The summed E-state index contributed by atoms with van der Waals surface area (Å²) in [6.45, 7) is 3.90. The fourth-order valence-corrected chi connectivity index (χ4v) is 1.35. The molecule has 0 saturated heterocycles. The van der Waals surface area contributed by atoms with Crippen molar-refractivity contribution in [3.8, 4) is 0 Å². The SMILES string of the molecule is Cc1c(F)c(F)c(C(O)C(C)C)c(F)c1F. The van der Waals surface area contributed by atoms with Crippen molar-refractivity contribution in [2.24, 2.45) is 5.92 Å². The van der Waals surface area contributed by atoms with E-state index in [2.05, 4.69) is 0 Å². The van der Waals surface area contributed by atoms with Crippen molar-refractivity contribution < 1.29 is 22.7 Å². The minimum Gasteiger partial charge on any atom is -0.388 e. The maximum absolute atomic E-state index is 13.4. The summed E-state index contributed by atoms with van der Waals surface area (Å²) in [5.74, 6) is -6.54. The normalized spacial score (nSPS) is 13.3. The fourth-order valence-electron chi connectivity index (χ4n) is 1.35. The van der Waals surface area contributed by atoms with Crippen molar-refractivity contribution in [1.82, 2.24) is 0 Å². The van der Waals surface area contributed by atoms with Gasteiger partial charge in [0.25, 0.3) is 0 Å². The van der Waals surface area contributed by atoms with Crippen molar-refractivity contribution in [3.63, 3.8) is 0 Å². The zero-order valence-corrected chi connectivity index (χ0v) is 9.11. The van der Waals surface area contributed by atoms with Crippen LogP contribution in [0.5, 0.6) is 0 Å². The third kappa shape index (κ3) is 1.91.